The molecular weight excluding hydrogens is 305 g/mol. The minimum atomic E-state index is -1.30. The maximum absolute atomic E-state index is 13.2. The molecule has 0 saturated carbocycles. The highest BCUT2D eigenvalue weighted by molar-refractivity contribution is 5.43. The number of aliphatic hydroxyl groups is 3. The molecule has 1 aromatic rings. The lowest BCUT2D eigenvalue weighted by atomic mass is 9.94. The second-order valence-electron chi connectivity index (χ2n) is 5.99. The molecule has 0 aliphatic carbocycles. The standard InChI is InChI=1S/C16H22FNO5/c17-8-11-15(20)16(21)12(19)9-18(11)4-3-10-1-2-13-14(7-10)23-6-5-22-13/h1-2,7,11-12,15-16,19-21H,3-6,8-9H2/t11-,12+,15-,16-/m1/s1. The van der Waals surface area contributed by atoms with Gasteiger partial charge in [0.1, 0.15) is 32.1 Å². The molecule has 2 aliphatic heterocycles. The molecule has 0 spiro atoms. The first-order chi connectivity index (χ1) is 11.1. The van der Waals surface area contributed by atoms with Crippen LogP contribution in [-0.2, 0) is 6.42 Å². The molecule has 3 rings (SSSR count). The predicted octanol–water partition coefficient (Wildman–Crippen LogP) is -0.263. The average molecular weight is 327 g/mol. The van der Waals surface area contributed by atoms with Crippen molar-refractivity contribution in [1.29, 1.82) is 0 Å². The quantitative estimate of drug-likeness (QED) is 0.707. The van der Waals surface area contributed by atoms with E-state index in [1.807, 2.05) is 18.2 Å². The number of rotatable bonds is 4. The van der Waals surface area contributed by atoms with Crippen molar-refractivity contribution in [1.82, 2.24) is 4.90 Å². The van der Waals surface area contributed by atoms with Gasteiger partial charge >= 0.3 is 0 Å². The molecule has 0 bridgehead atoms. The van der Waals surface area contributed by atoms with Crippen LogP contribution in [0, 0.1) is 0 Å². The summed E-state index contributed by atoms with van der Waals surface area (Å²) in [5.74, 6) is 1.42. The van der Waals surface area contributed by atoms with Crippen LogP contribution in [0.15, 0.2) is 18.2 Å². The van der Waals surface area contributed by atoms with E-state index in [-0.39, 0.29) is 6.54 Å². The van der Waals surface area contributed by atoms with Crippen molar-refractivity contribution in [3.05, 3.63) is 23.8 Å². The van der Waals surface area contributed by atoms with Crippen LogP contribution in [0.1, 0.15) is 5.56 Å². The number of likely N-dealkylation sites (tertiary alicyclic amines) is 1. The number of β-amino-alcohol motifs (C(OH)–C–C–N with tert-alkyl or cyclic N) is 1. The molecule has 3 N–H and O–H groups in total. The van der Waals surface area contributed by atoms with Crippen LogP contribution < -0.4 is 9.47 Å². The van der Waals surface area contributed by atoms with Crippen LogP contribution in [0.25, 0.3) is 0 Å². The molecule has 128 valence electrons. The summed E-state index contributed by atoms with van der Waals surface area (Å²) in [7, 11) is 0. The summed E-state index contributed by atoms with van der Waals surface area (Å²) in [5, 5.41) is 29.3. The predicted molar refractivity (Wildman–Crippen MR) is 80.5 cm³/mol. The Balaban J connectivity index is 1.65. The van der Waals surface area contributed by atoms with E-state index in [4.69, 9.17) is 9.47 Å². The summed E-state index contributed by atoms with van der Waals surface area (Å²) in [5.41, 5.74) is 1.00. The van der Waals surface area contributed by atoms with Crippen molar-refractivity contribution in [3.8, 4) is 11.5 Å². The molecule has 6 nitrogen and oxygen atoms in total. The zero-order valence-electron chi connectivity index (χ0n) is 12.8. The Kier molecular flexibility index (Phi) is 5.01. The van der Waals surface area contributed by atoms with Crippen molar-refractivity contribution in [2.75, 3.05) is 33.0 Å². The van der Waals surface area contributed by atoms with Crippen LogP contribution in [0.5, 0.6) is 11.5 Å². The van der Waals surface area contributed by atoms with E-state index in [9.17, 15) is 19.7 Å². The van der Waals surface area contributed by atoms with E-state index >= 15 is 0 Å². The third-order valence-electron chi connectivity index (χ3n) is 4.48. The molecule has 7 heteroatoms. The van der Waals surface area contributed by atoms with Crippen LogP contribution in [0.3, 0.4) is 0 Å². The summed E-state index contributed by atoms with van der Waals surface area (Å²) in [6.45, 7) is 0.887. The van der Waals surface area contributed by atoms with Gasteiger partial charge in [-0.3, -0.25) is 4.90 Å². The molecule has 1 saturated heterocycles. The number of piperidine rings is 1. The minimum absolute atomic E-state index is 0.136. The number of fused-ring (bicyclic) bond motifs is 1. The lowest BCUT2D eigenvalue weighted by Crippen LogP contribution is -2.62. The molecule has 0 aromatic heterocycles. The van der Waals surface area contributed by atoms with E-state index in [1.54, 1.807) is 4.90 Å². The number of benzene rings is 1. The molecule has 0 unspecified atom stereocenters. The highest BCUT2D eigenvalue weighted by Gasteiger charge is 2.41. The molecule has 0 radical (unpaired) electrons. The van der Waals surface area contributed by atoms with Gasteiger partial charge in [0.15, 0.2) is 11.5 Å². The summed E-state index contributed by atoms with van der Waals surface area (Å²) in [6.07, 6.45) is -3.05. The fourth-order valence-corrected chi connectivity index (χ4v) is 3.12. The summed E-state index contributed by atoms with van der Waals surface area (Å²) >= 11 is 0. The third kappa shape index (κ3) is 3.42. The molecule has 2 aliphatic rings. The second kappa shape index (κ2) is 7.00. The largest absolute Gasteiger partial charge is 0.486 e. The van der Waals surface area contributed by atoms with Crippen LogP contribution in [0.4, 0.5) is 4.39 Å². The Morgan fingerprint density at radius 3 is 2.57 bits per heavy atom. The SMILES string of the molecule is O[C@H]1[C@H](O)[C@@H](O)CN(CCc2ccc3c(c2)OCCO3)[C@@H]1CF. The maximum Gasteiger partial charge on any atom is 0.161 e. The lowest BCUT2D eigenvalue weighted by molar-refractivity contribution is -0.140. The number of nitrogens with zero attached hydrogens (tertiary/aromatic N) is 1. The normalized spacial score (nSPS) is 31.1. The first-order valence-corrected chi connectivity index (χ1v) is 7.83. The molecular formula is C16H22FNO5. The van der Waals surface area contributed by atoms with E-state index in [2.05, 4.69) is 0 Å². The highest BCUT2D eigenvalue weighted by atomic mass is 19.1. The number of hydrogen-bond acceptors (Lipinski definition) is 6. The van der Waals surface area contributed by atoms with Gasteiger partial charge < -0.3 is 24.8 Å². The van der Waals surface area contributed by atoms with Gasteiger partial charge in [-0.2, -0.15) is 0 Å². The molecule has 1 fully saturated rings. The van der Waals surface area contributed by atoms with Gasteiger partial charge in [-0.05, 0) is 24.1 Å². The summed E-state index contributed by atoms with van der Waals surface area (Å²) in [6, 6.07) is 4.86. The molecule has 4 atom stereocenters. The van der Waals surface area contributed by atoms with Crippen molar-refractivity contribution >= 4 is 0 Å². The van der Waals surface area contributed by atoms with Gasteiger partial charge in [0.05, 0.1) is 12.1 Å². The third-order valence-corrected chi connectivity index (χ3v) is 4.48. The van der Waals surface area contributed by atoms with E-state index in [0.717, 1.165) is 5.56 Å². The van der Waals surface area contributed by atoms with Gasteiger partial charge in [0.25, 0.3) is 0 Å². The van der Waals surface area contributed by atoms with E-state index in [1.165, 1.54) is 0 Å². The van der Waals surface area contributed by atoms with Crippen molar-refractivity contribution in [2.45, 2.75) is 30.8 Å². The Morgan fingerprint density at radius 2 is 1.83 bits per heavy atom. The van der Waals surface area contributed by atoms with E-state index < -0.39 is 31.0 Å². The topological polar surface area (TPSA) is 82.4 Å². The number of halogens is 1. The zero-order chi connectivity index (χ0) is 16.4. The van der Waals surface area contributed by atoms with Gasteiger partial charge in [-0.15, -0.1) is 0 Å². The Morgan fingerprint density at radius 1 is 1.09 bits per heavy atom. The number of aliphatic hydroxyl groups excluding tert-OH is 3. The van der Waals surface area contributed by atoms with E-state index in [0.29, 0.717) is 37.7 Å². The monoisotopic (exact) mass is 327 g/mol. The van der Waals surface area contributed by atoms with Gasteiger partial charge in [-0.1, -0.05) is 6.07 Å². The van der Waals surface area contributed by atoms with Gasteiger partial charge in [0.2, 0.25) is 0 Å². The molecule has 23 heavy (non-hydrogen) atoms. The fraction of sp³-hybridized carbons (Fsp3) is 0.625. The first-order valence-electron chi connectivity index (χ1n) is 7.83. The van der Waals surface area contributed by atoms with Gasteiger partial charge in [0, 0.05) is 13.1 Å². The lowest BCUT2D eigenvalue weighted by Gasteiger charge is -2.42. The molecule has 0 amide bonds. The minimum Gasteiger partial charge on any atom is -0.486 e. The number of alkyl halides is 1. The fourth-order valence-electron chi connectivity index (χ4n) is 3.12. The molecule has 2 heterocycles. The van der Waals surface area contributed by atoms with Crippen LogP contribution >= 0.6 is 0 Å². The highest BCUT2D eigenvalue weighted by Crippen LogP contribution is 2.31. The van der Waals surface area contributed by atoms with Gasteiger partial charge in [-0.25, -0.2) is 4.39 Å². The number of hydrogen-bond donors (Lipinski definition) is 3. The number of ether oxygens (including phenoxy) is 2. The second-order valence-corrected chi connectivity index (χ2v) is 5.99. The molecule has 1 aromatic carbocycles. The Bertz CT molecular complexity index is 543. The Hall–Kier alpha value is -1.41. The summed E-state index contributed by atoms with van der Waals surface area (Å²) in [4.78, 5) is 1.68. The zero-order valence-corrected chi connectivity index (χ0v) is 12.8. The first kappa shape index (κ1) is 16.4. The smallest absolute Gasteiger partial charge is 0.161 e. The maximum atomic E-state index is 13.2. The van der Waals surface area contributed by atoms with Crippen molar-refractivity contribution < 1.29 is 29.2 Å². The van der Waals surface area contributed by atoms with Crippen LogP contribution in [0.2, 0.25) is 0 Å². The van der Waals surface area contributed by atoms with Crippen molar-refractivity contribution in [3.63, 3.8) is 0 Å². The Labute approximate surface area is 134 Å². The summed E-state index contributed by atoms with van der Waals surface area (Å²) < 4.78 is 24.2. The van der Waals surface area contributed by atoms with Crippen LogP contribution in [-0.4, -0.2) is 77.6 Å². The average Bonchev–Trinajstić information content (AvgIpc) is 2.58. The van der Waals surface area contributed by atoms with Crippen molar-refractivity contribution in [2.24, 2.45) is 0 Å².